The maximum absolute atomic E-state index is 2.57. The average molecular weight is 719 g/mol. The van der Waals surface area contributed by atoms with Crippen molar-refractivity contribution in [1.29, 1.82) is 0 Å². The van der Waals surface area contributed by atoms with Crippen molar-refractivity contribution in [3.63, 3.8) is 0 Å². The summed E-state index contributed by atoms with van der Waals surface area (Å²) in [6.07, 6.45) is 1.94. The summed E-state index contributed by atoms with van der Waals surface area (Å²) in [5.74, 6) is 0. The van der Waals surface area contributed by atoms with Crippen molar-refractivity contribution in [1.82, 2.24) is 9.13 Å². The number of hydrogen-bond donors (Lipinski definition) is 0. The van der Waals surface area contributed by atoms with Gasteiger partial charge in [-0.3, -0.25) is 0 Å². The van der Waals surface area contributed by atoms with Crippen LogP contribution in [0.1, 0.15) is 22.3 Å². The SMILES string of the molecule is C[Si](C)(c1ccc2c(c1)c1c3c(ccc1n2-c1ccccc1)-c1ccccc1C3)c1ccc2c(c1)c1c3c(ccc1n2-c1ccccc1)-c1ccccc1C3. The molecule has 2 aliphatic carbocycles. The molecule has 0 atom stereocenters. The lowest BCUT2D eigenvalue weighted by atomic mass is 10.0. The minimum absolute atomic E-state index is 0.970. The molecule has 0 saturated heterocycles. The van der Waals surface area contributed by atoms with Crippen LogP contribution in [0, 0.1) is 0 Å². The molecule has 2 aromatic heterocycles. The van der Waals surface area contributed by atoms with Gasteiger partial charge in [-0.05, 0) is 106 Å². The minimum atomic E-state index is -2.20. The number of nitrogens with zero attached hydrogens (tertiary/aromatic N) is 2. The standard InChI is InChI=1S/C52H38N2Si/c1-55(2,37-21-25-47-45(31-37)51-43-29-33-13-9-11-19-39(33)41(43)23-27-49(51)53(47)35-15-5-3-6-16-35)38-22-26-48-46(32-38)52-44-30-34-14-10-12-20-40(34)42(44)24-28-50(52)54(48)36-17-7-4-8-18-36/h3-28,31-32H,29-30H2,1-2H3. The van der Waals surface area contributed by atoms with Crippen molar-refractivity contribution in [3.8, 4) is 33.6 Å². The van der Waals surface area contributed by atoms with Crippen molar-refractivity contribution in [2.24, 2.45) is 0 Å². The van der Waals surface area contributed by atoms with Gasteiger partial charge in [0.2, 0.25) is 0 Å². The average Bonchev–Trinajstić information content (AvgIpc) is 3.98. The second kappa shape index (κ2) is 11.3. The topological polar surface area (TPSA) is 9.86 Å². The first kappa shape index (κ1) is 31.0. The number of fused-ring (bicyclic) bond motifs is 14. The Hall–Kier alpha value is -6.42. The zero-order valence-electron chi connectivity index (χ0n) is 31.0. The third kappa shape index (κ3) is 4.30. The molecular formula is C52H38N2Si. The highest BCUT2D eigenvalue weighted by Gasteiger charge is 2.31. The molecule has 0 unspecified atom stereocenters. The van der Waals surface area contributed by atoms with Crippen LogP contribution in [-0.4, -0.2) is 17.2 Å². The molecule has 3 heteroatoms. The first-order valence-corrected chi connectivity index (χ1v) is 22.5. The molecular weight excluding hydrogens is 681 g/mol. The number of hydrogen-bond acceptors (Lipinski definition) is 0. The van der Waals surface area contributed by atoms with Crippen LogP contribution in [0.25, 0.3) is 77.2 Å². The molecule has 8 aromatic carbocycles. The van der Waals surface area contributed by atoms with E-state index in [1.165, 1.54) is 110 Å². The van der Waals surface area contributed by atoms with Crippen molar-refractivity contribution in [2.75, 3.05) is 0 Å². The highest BCUT2D eigenvalue weighted by Crippen LogP contribution is 2.46. The molecule has 2 heterocycles. The predicted molar refractivity (Wildman–Crippen MR) is 235 cm³/mol. The monoisotopic (exact) mass is 718 g/mol. The molecule has 0 bridgehead atoms. The Balaban J connectivity index is 1.09. The smallest absolute Gasteiger partial charge is 0.112 e. The van der Waals surface area contributed by atoms with Crippen molar-refractivity contribution in [3.05, 3.63) is 192 Å². The molecule has 0 saturated carbocycles. The third-order valence-electron chi connectivity index (χ3n) is 12.9. The first-order chi connectivity index (χ1) is 27.0. The number of aromatic nitrogens is 2. The largest absolute Gasteiger partial charge is 0.309 e. The molecule has 0 radical (unpaired) electrons. The Kier molecular flexibility index (Phi) is 6.36. The molecule has 260 valence electrons. The van der Waals surface area contributed by atoms with Gasteiger partial charge in [0, 0.05) is 32.9 Å². The molecule has 2 aliphatic rings. The molecule has 0 N–H and O–H groups in total. The van der Waals surface area contributed by atoms with Crippen LogP contribution in [-0.2, 0) is 12.8 Å². The first-order valence-electron chi connectivity index (χ1n) is 19.5. The molecule has 10 aromatic rings. The summed E-state index contributed by atoms with van der Waals surface area (Å²) in [5.41, 5.74) is 18.8. The van der Waals surface area contributed by atoms with Crippen molar-refractivity contribution >= 4 is 62.1 Å². The van der Waals surface area contributed by atoms with E-state index in [1.807, 2.05) is 0 Å². The summed E-state index contributed by atoms with van der Waals surface area (Å²) in [5, 5.41) is 8.44. The lowest BCUT2D eigenvalue weighted by Crippen LogP contribution is -2.52. The fourth-order valence-electron chi connectivity index (χ4n) is 10.1. The zero-order valence-corrected chi connectivity index (χ0v) is 32.0. The Bertz CT molecular complexity index is 3000. The van der Waals surface area contributed by atoms with Gasteiger partial charge in [-0.1, -0.05) is 145 Å². The number of rotatable bonds is 4. The highest BCUT2D eigenvalue weighted by atomic mass is 28.3. The van der Waals surface area contributed by atoms with Gasteiger partial charge < -0.3 is 9.13 Å². The summed E-state index contributed by atoms with van der Waals surface area (Å²) in [6.45, 7) is 5.09. The summed E-state index contributed by atoms with van der Waals surface area (Å²) < 4.78 is 4.96. The van der Waals surface area contributed by atoms with Gasteiger partial charge in [-0.2, -0.15) is 0 Å². The van der Waals surface area contributed by atoms with Gasteiger partial charge in [0.05, 0.1) is 22.1 Å². The zero-order chi connectivity index (χ0) is 36.4. The van der Waals surface area contributed by atoms with E-state index in [2.05, 4.69) is 192 Å². The summed E-state index contributed by atoms with van der Waals surface area (Å²) in [4.78, 5) is 0. The normalized spacial score (nSPS) is 13.1. The van der Waals surface area contributed by atoms with Gasteiger partial charge in [-0.25, -0.2) is 0 Å². The van der Waals surface area contributed by atoms with Gasteiger partial charge in [-0.15, -0.1) is 0 Å². The second-order valence-corrected chi connectivity index (χ2v) is 20.5. The predicted octanol–water partition coefficient (Wildman–Crippen LogP) is 11.8. The maximum atomic E-state index is 2.57. The molecule has 0 spiro atoms. The van der Waals surface area contributed by atoms with Gasteiger partial charge >= 0.3 is 0 Å². The fraction of sp³-hybridized carbons (Fsp3) is 0.0769. The van der Waals surface area contributed by atoms with E-state index in [-0.39, 0.29) is 0 Å². The Morgan fingerprint density at radius 2 is 0.782 bits per heavy atom. The second-order valence-electron chi connectivity index (χ2n) is 16.1. The maximum Gasteiger partial charge on any atom is 0.112 e. The van der Waals surface area contributed by atoms with Crippen LogP contribution in [0.15, 0.2) is 170 Å². The van der Waals surface area contributed by atoms with Crippen molar-refractivity contribution < 1.29 is 0 Å². The van der Waals surface area contributed by atoms with Gasteiger partial charge in [0.25, 0.3) is 0 Å². The highest BCUT2D eigenvalue weighted by molar-refractivity contribution is 7.00. The molecule has 12 rings (SSSR count). The van der Waals surface area contributed by atoms with Crippen LogP contribution in [0.4, 0.5) is 0 Å². The Morgan fingerprint density at radius 3 is 1.24 bits per heavy atom. The molecule has 0 amide bonds. The van der Waals surface area contributed by atoms with Crippen molar-refractivity contribution in [2.45, 2.75) is 25.9 Å². The van der Waals surface area contributed by atoms with E-state index >= 15 is 0 Å². The van der Waals surface area contributed by atoms with E-state index in [9.17, 15) is 0 Å². The number of para-hydroxylation sites is 2. The van der Waals surface area contributed by atoms with Crippen LogP contribution in [0.5, 0.6) is 0 Å². The molecule has 2 nitrogen and oxygen atoms in total. The van der Waals surface area contributed by atoms with Crippen LogP contribution in [0.2, 0.25) is 13.1 Å². The minimum Gasteiger partial charge on any atom is -0.309 e. The van der Waals surface area contributed by atoms with Crippen LogP contribution < -0.4 is 10.4 Å². The lowest BCUT2D eigenvalue weighted by Gasteiger charge is -2.24. The van der Waals surface area contributed by atoms with Gasteiger partial charge in [0.15, 0.2) is 0 Å². The summed E-state index contributed by atoms with van der Waals surface area (Å²) >= 11 is 0. The quantitative estimate of drug-likeness (QED) is 0.160. The fourth-order valence-corrected chi connectivity index (χ4v) is 12.5. The van der Waals surface area contributed by atoms with E-state index in [1.54, 1.807) is 0 Å². The van der Waals surface area contributed by atoms with Gasteiger partial charge in [0.1, 0.15) is 8.07 Å². The Labute approximate surface area is 321 Å². The van der Waals surface area contributed by atoms with E-state index in [4.69, 9.17) is 0 Å². The summed E-state index contributed by atoms with van der Waals surface area (Å²) in [7, 11) is -2.20. The Morgan fingerprint density at radius 1 is 0.382 bits per heavy atom. The number of benzene rings is 8. The summed E-state index contributed by atoms with van der Waals surface area (Å²) in [6, 6.07) is 64.0. The van der Waals surface area contributed by atoms with E-state index in [0.29, 0.717) is 0 Å². The van der Waals surface area contributed by atoms with Crippen LogP contribution in [0.3, 0.4) is 0 Å². The molecule has 0 fully saturated rings. The van der Waals surface area contributed by atoms with E-state index < -0.39 is 8.07 Å². The molecule has 0 aliphatic heterocycles. The lowest BCUT2D eigenvalue weighted by molar-refractivity contribution is 1.18. The third-order valence-corrected chi connectivity index (χ3v) is 16.4. The van der Waals surface area contributed by atoms with Crippen LogP contribution >= 0.6 is 0 Å². The molecule has 55 heavy (non-hydrogen) atoms. The van der Waals surface area contributed by atoms with E-state index in [0.717, 1.165) is 12.8 Å².